The Bertz CT molecular complexity index is 2150. The lowest BCUT2D eigenvalue weighted by Crippen LogP contribution is -2.33. The van der Waals surface area contributed by atoms with Gasteiger partial charge in [-0.3, -0.25) is 19.2 Å². The summed E-state index contributed by atoms with van der Waals surface area (Å²) in [7, 11) is 0. The highest BCUT2D eigenvalue weighted by molar-refractivity contribution is 8.00. The SMILES string of the molecule is CC(=O)N1CCc2c(sc(NC(=O)C(C)Sc3cccc(NC(=O)/C(=C/c4c[nH]c5ccccc45)NC(=O)c4ccccc4)c3)c2C#N)C1. The lowest BCUT2D eigenvalue weighted by Gasteiger charge is -2.25. The van der Waals surface area contributed by atoms with Crippen LogP contribution in [0.5, 0.6) is 0 Å². The number of thioether (sulfide) groups is 1. The Morgan fingerprint density at radius 2 is 1.80 bits per heavy atom. The molecule has 246 valence electrons. The molecule has 12 heteroatoms. The minimum Gasteiger partial charge on any atom is -0.361 e. The van der Waals surface area contributed by atoms with Crippen molar-refractivity contribution in [3.63, 3.8) is 0 Å². The van der Waals surface area contributed by atoms with Gasteiger partial charge in [0, 0.05) is 57.2 Å². The van der Waals surface area contributed by atoms with Crippen LogP contribution in [0.2, 0.25) is 0 Å². The predicted octanol–water partition coefficient (Wildman–Crippen LogP) is 6.53. The maximum Gasteiger partial charge on any atom is 0.272 e. The Morgan fingerprint density at radius 1 is 1.02 bits per heavy atom. The van der Waals surface area contributed by atoms with Crippen LogP contribution in [0.4, 0.5) is 10.7 Å². The number of thiophene rings is 1. The molecular formula is C37H32N6O4S2. The first-order valence-electron chi connectivity index (χ1n) is 15.5. The van der Waals surface area contributed by atoms with Crippen LogP contribution in [0.1, 0.15) is 45.8 Å². The van der Waals surface area contributed by atoms with Gasteiger partial charge >= 0.3 is 0 Å². The molecule has 0 aliphatic carbocycles. The Labute approximate surface area is 291 Å². The van der Waals surface area contributed by atoms with Crippen molar-refractivity contribution in [3.05, 3.63) is 118 Å². The number of carbonyl (C=O) groups excluding carboxylic acids is 4. The number of aromatic nitrogens is 1. The molecule has 6 rings (SSSR count). The van der Waals surface area contributed by atoms with Crippen LogP contribution >= 0.6 is 23.1 Å². The number of carbonyl (C=O) groups is 4. The first kappa shape index (κ1) is 33.3. The second-order valence-electron chi connectivity index (χ2n) is 11.4. The zero-order valence-electron chi connectivity index (χ0n) is 26.7. The number of aromatic amines is 1. The second kappa shape index (κ2) is 14.6. The molecule has 0 radical (unpaired) electrons. The topological polar surface area (TPSA) is 147 Å². The summed E-state index contributed by atoms with van der Waals surface area (Å²) in [4.78, 5) is 58.5. The number of hydrogen-bond acceptors (Lipinski definition) is 7. The number of rotatable bonds is 9. The lowest BCUT2D eigenvalue weighted by molar-refractivity contribution is -0.129. The predicted molar refractivity (Wildman–Crippen MR) is 193 cm³/mol. The summed E-state index contributed by atoms with van der Waals surface area (Å²) in [6.07, 6.45) is 3.99. The zero-order chi connectivity index (χ0) is 34.5. The molecular weight excluding hydrogens is 657 g/mol. The summed E-state index contributed by atoms with van der Waals surface area (Å²) in [5, 5.41) is 19.3. The van der Waals surface area contributed by atoms with Gasteiger partial charge in [-0.25, -0.2) is 0 Å². The summed E-state index contributed by atoms with van der Waals surface area (Å²) in [6, 6.07) is 25.7. The molecule has 1 atom stereocenters. The summed E-state index contributed by atoms with van der Waals surface area (Å²) in [5.74, 6) is -1.24. The zero-order valence-corrected chi connectivity index (χ0v) is 28.3. The fraction of sp³-hybridized carbons (Fsp3) is 0.162. The van der Waals surface area contributed by atoms with E-state index in [0.29, 0.717) is 41.3 Å². The molecule has 1 aliphatic heterocycles. The Morgan fingerprint density at radius 3 is 2.57 bits per heavy atom. The number of hydrogen-bond donors (Lipinski definition) is 4. The number of para-hydroxylation sites is 1. The van der Waals surface area contributed by atoms with Crippen LogP contribution in [0.15, 0.2) is 95.7 Å². The van der Waals surface area contributed by atoms with E-state index in [-0.39, 0.29) is 17.5 Å². The summed E-state index contributed by atoms with van der Waals surface area (Å²) in [6.45, 7) is 4.26. The van der Waals surface area contributed by atoms with Gasteiger partial charge in [0.25, 0.3) is 11.8 Å². The summed E-state index contributed by atoms with van der Waals surface area (Å²) in [5.41, 5.74) is 3.93. The fourth-order valence-electron chi connectivity index (χ4n) is 5.51. The summed E-state index contributed by atoms with van der Waals surface area (Å²) >= 11 is 2.64. The van der Waals surface area contributed by atoms with E-state index < -0.39 is 17.1 Å². The van der Waals surface area contributed by atoms with Crippen molar-refractivity contribution in [3.8, 4) is 6.07 Å². The fourth-order valence-corrected chi connectivity index (χ4v) is 7.65. The molecule has 3 aromatic carbocycles. The third-order valence-electron chi connectivity index (χ3n) is 8.07. The molecule has 0 spiro atoms. The minimum atomic E-state index is -0.534. The quantitative estimate of drug-likeness (QED) is 0.102. The number of fused-ring (bicyclic) bond motifs is 2. The van der Waals surface area contributed by atoms with Crippen molar-refractivity contribution < 1.29 is 19.2 Å². The highest BCUT2D eigenvalue weighted by Crippen LogP contribution is 2.37. The smallest absolute Gasteiger partial charge is 0.272 e. The normalized spacial score (nSPS) is 13.2. The number of H-pyrrole nitrogens is 1. The van der Waals surface area contributed by atoms with Gasteiger partial charge in [-0.1, -0.05) is 42.5 Å². The average Bonchev–Trinajstić information content (AvgIpc) is 3.68. The van der Waals surface area contributed by atoms with E-state index in [2.05, 4.69) is 27.0 Å². The second-order valence-corrected chi connectivity index (χ2v) is 13.9. The van der Waals surface area contributed by atoms with Gasteiger partial charge in [-0.05, 0) is 61.4 Å². The van der Waals surface area contributed by atoms with E-state index in [1.54, 1.807) is 66.6 Å². The standard InChI is InChI=1S/C37H32N6O4S2/c1-22(34(45)42-37-30(19-38)29-15-16-43(23(2)44)21-33(29)49-37)48-27-12-8-11-26(18-27)40-36(47)32(41-35(46)24-9-4-3-5-10-24)17-25-20-39-31-14-7-6-13-28(25)31/h3-14,17-18,20,22,39H,15-16,21H2,1-2H3,(H,40,47)(H,41,46)(H,42,45)/b32-17-. The molecule has 1 aliphatic rings. The molecule has 0 fully saturated rings. The molecule has 4 amide bonds. The molecule has 3 heterocycles. The van der Waals surface area contributed by atoms with Crippen LogP contribution in [-0.4, -0.2) is 45.3 Å². The van der Waals surface area contributed by atoms with Crippen molar-refractivity contribution >= 4 is 74.4 Å². The lowest BCUT2D eigenvalue weighted by atomic mass is 10.0. The average molecular weight is 689 g/mol. The maximum atomic E-state index is 13.7. The van der Waals surface area contributed by atoms with Crippen LogP contribution in [-0.2, 0) is 27.3 Å². The number of benzene rings is 3. The van der Waals surface area contributed by atoms with Gasteiger partial charge in [0.05, 0.1) is 17.4 Å². The molecule has 4 N–H and O–H groups in total. The first-order valence-corrected chi connectivity index (χ1v) is 17.2. The van der Waals surface area contributed by atoms with E-state index in [1.165, 1.54) is 30.0 Å². The molecule has 10 nitrogen and oxygen atoms in total. The van der Waals surface area contributed by atoms with Gasteiger partial charge in [0.15, 0.2) is 0 Å². The van der Waals surface area contributed by atoms with Crippen molar-refractivity contribution in [2.45, 2.75) is 37.0 Å². The number of nitrogens with zero attached hydrogens (tertiary/aromatic N) is 2. The molecule has 49 heavy (non-hydrogen) atoms. The molecule has 1 unspecified atom stereocenters. The van der Waals surface area contributed by atoms with Crippen LogP contribution in [0.25, 0.3) is 17.0 Å². The molecule has 0 bridgehead atoms. The number of amides is 4. The van der Waals surface area contributed by atoms with Crippen molar-refractivity contribution in [2.75, 3.05) is 17.2 Å². The minimum absolute atomic E-state index is 0.0231. The van der Waals surface area contributed by atoms with Crippen LogP contribution in [0, 0.1) is 11.3 Å². The maximum absolute atomic E-state index is 13.7. The van der Waals surface area contributed by atoms with Crippen LogP contribution in [0.3, 0.4) is 0 Å². The highest BCUT2D eigenvalue weighted by Gasteiger charge is 2.27. The van der Waals surface area contributed by atoms with Crippen molar-refractivity contribution in [2.24, 2.45) is 0 Å². The Hall–Kier alpha value is -5.64. The van der Waals surface area contributed by atoms with Gasteiger partial charge in [0.1, 0.15) is 16.8 Å². The molecule has 0 saturated heterocycles. The largest absolute Gasteiger partial charge is 0.361 e. The highest BCUT2D eigenvalue weighted by atomic mass is 32.2. The monoisotopic (exact) mass is 688 g/mol. The van der Waals surface area contributed by atoms with E-state index in [1.807, 2.05) is 36.4 Å². The summed E-state index contributed by atoms with van der Waals surface area (Å²) < 4.78 is 0. The first-order chi connectivity index (χ1) is 23.7. The van der Waals surface area contributed by atoms with Gasteiger partial charge < -0.3 is 25.8 Å². The van der Waals surface area contributed by atoms with Gasteiger partial charge in [0.2, 0.25) is 11.8 Å². The van der Waals surface area contributed by atoms with E-state index in [0.717, 1.165) is 31.8 Å². The van der Waals surface area contributed by atoms with Crippen molar-refractivity contribution in [1.29, 1.82) is 5.26 Å². The van der Waals surface area contributed by atoms with Crippen molar-refractivity contribution in [1.82, 2.24) is 15.2 Å². The molecule has 5 aromatic rings. The third-order valence-corrected chi connectivity index (χ3v) is 10.3. The van der Waals surface area contributed by atoms with Crippen LogP contribution < -0.4 is 16.0 Å². The number of nitrogens with one attached hydrogen (secondary N) is 4. The Kier molecular flexibility index (Phi) is 9.94. The van der Waals surface area contributed by atoms with E-state index in [9.17, 15) is 24.4 Å². The number of nitriles is 1. The number of anilines is 2. The van der Waals surface area contributed by atoms with Gasteiger partial charge in [-0.15, -0.1) is 23.1 Å². The molecule has 0 saturated carbocycles. The Balaban J connectivity index is 1.16. The van der Waals surface area contributed by atoms with E-state index in [4.69, 9.17) is 0 Å². The van der Waals surface area contributed by atoms with Gasteiger partial charge in [-0.2, -0.15) is 5.26 Å². The van der Waals surface area contributed by atoms with E-state index >= 15 is 0 Å². The molecule has 2 aromatic heterocycles. The third kappa shape index (κ3) is 7.59.